The fourth-order valence-corrected chi connectivity index (χ4v) is 4.75. The van der Waals surface area contributed by atoms with Crippen molar-refractivity contribution in [1.82, 2.24) is 5.32 Å². The number of benzene rings is 3. The van der Waals surface area contributed by atoms with Crippen LogP contribution in [0.4, 0.5) is 10.5 Å². The molecule has 1 N–H and O–H groups in total. The average Bonchev–Trinajstić information content (AvgIpc) is 3.30. The molecule has 37 heavy (non-hydrogen) atoms. The van der Waals surface area contributed by atoms with Gasteiger partial charge in [0.05, 0.1) is 15.7 Å². The van der Waals surface area contributed by atoms with Gasteiger partial charge in [-0.3, -0.25) is 14.9 Å². The molecule has 3 aromatic rings. The number of nitrogens with one attached hydrogen (secondary N) is 1. The Hall–Kier alpha value is -3.43. The normalized spacial score (nSPS) is 15.8. The summed E-state index contributed by atoms with van der Waals surface area (Å²) in [5.74, 6) is -0.664. The third-order valence-electron chi connectivity index (χ3n) is 5.43. The molecule has 5 rings (SSSR count). The molecule has 2 heterocycles. The van der Waals surface area contributed by atoms with Crippen LogP contribution in [0.5, 0.6) is 17.2 Å². The predicted molar refractivity (Wildman–Crippen MR) is 139 cm³/mol. The first kappa shape index (κ1) is 25.2. The number of anilines is 1. The quantitative estimate of drug-likeness (QED) is 0.283. The molecule has 0 bridgehead atoms. The van der Waals surface area contributed by atoms with Crippen molar-refractivity contribution in [1.29, 1.82) is 0 Å². The summed E-state index contributed by atoms with van der Waals surface area (Å²) >= 11 is 24.9. The Morgan fingerprint density at radius 3 is 2.35 bits per heavy atom. The van der Waals surface area contributed by atoms with E-state index in [1.165, 1.54) is 30.3 Å². The predicted octanol–water partition coefficient (Wildman–Crippen LogP) is 6.27. The van der Waals surface area contributed by atoms with Gasteiger partial charge in [0.15, 0.2) is 17.2 Å². The fourth-order valence-electron chi connectivity index (χ4n) is 3.67. The van der Waals surface area contributed by atoms with Gasteiger partial charge in [-0.15, -0.1) is 0 Å². The van der Waals surface area contributed by atoms with Gasteiger partial charge in [0.25, 0.3) is 11.8 Å². The lowest BCUT2D eigenvalue weighted by Crippen LogP contribution is -2.54. The van der Waals surface area contributed by atoms with Gasteiger partial charge in [0, 0.05) is 21.7 Å². The number of imide groups is 2. The van der Waals surface area contributed by atoms with Crippen molar-refractivity contribution in [3.8, 4) is 17.2 Å². The van der Waals surface area contributed by atoms with Gasteiger partial charge in [-0.2, -0.15) is 0 Å². The standard InChI is InChI=1S/C25H14Cl4N2O6/c26-14-2-1-13(17(27)8-14)10-35-22-18(28)6-12(7-19(22)29)5-16-23(32)30-25(34)31(24(16)33)15-3-4-20-21(9-15)37-11-36-20/h1-9H,10-11H2,(H,30,32,34)/b16-5+. The Morgan fingerprint density at radius 1 is 0.892 bits per heavy atom. The lowest BCUT2D eigenvalue weighted by atomic mass is 10.1. The number of nitrogens with zero attached hydrogens (tertiary/aromatic N) is 1. The molecule has 1 fully saturated rings. The zero-order valence-corrected chi connectivity index (χ0v) is 21.5. The molecule has 0 unspecified atom stereocenters. The van der Waals surface area contributed by atoms with E-state index in [1.54, 1.807) is 24.3 Å². The van der Waals surface area contributed by atoms with Crippen LogP contribution >= 0.6 is 46.4 Å². The van der Waals surface area contributed by atoms with Crippen molar-refractivity contribution in [3.63, 3.8) is 0 Å². The number of fused-ring (bicyclic) bond motifs is 1. The first-order valence-corrected chi connectivity index (χ1v) is 12.1. The Balaban J connectivity index is 1.41. The first-order valence-electron chi connectivity index (χ1n) is 10.6. The summed E-state index contributed by atoms with van der Waals surface area (Å²) in [7, 11) is 0. The molecule has 0 spiro atoms. The highest BCUT2D eigenvalue weighted by Gasteiger charge is 2.37. The summed E-state index contributed by atoms with van der Waals surface area (Å²) in [6, 6.07) is 11.6. The van der Waals surface area contributed by atoms with E-state index in [1.807, 2.05) is 0 Å². The summed E-state index contributed by atoms with van der Waals surface area (Å²) in [4.78, 5) is 39.0. The van der Waals surface area contributed by atoms with Crippen molar-refractivity contribution in [3.05, 3.63) is 85.3 Å². The molecule has 8 nitrogen and oxygen atoms in total. The Morgan fingerprint density at radius 2 is 1.62 bits per heavy atom. The lowest BCUT2D eigenvalue weighted by Gasteiger charge is -2.26. The second-order valence-electron chi connectivity index (χ2n) is 7.83. The van der Waals surface area contributed by atoms with Crippen molar-refractivity contribution >= 4 is 76.0 Å². The van der Waals surface area contributed by atoms with Crippen LogP contribution in [0.3, 0.4) is 0 Å². The number of hydrogen-bond acceptors (Lipinski definition) is 6. The van der Waals surface area contributed by atoms with E-state index in [9.17, 15) is 14.4 Å². The maximum Gasteiger partial charge on any atom is 0.335 e. The maximum atomic E-state index is 13.2. The minimum Gasteiger partial charge on any atom is -0.486 e. The minimum absolute atomic E-state index is 0.0243. The van der Waals surface area contributed by atoms with Gasteiger partial charge in [0.2, 0.25) is 6.79 Å². The van der Waals surface area contributed by atoms with Crippen LogP contribution in [0.2, 0.25) is 20.1 Å². The van der Waals surface area contributed by atoms with E-state index in [0.29, 0.717) is 32.7 Å². The second kappa shape index (κ2) is 10.1. The van der Waals surface area contributed by atoms with Gasteiger partial charge in [-0.25, -0.2) is 9.69 Å². The molecule has 0 aliphatic carbocycles. The summed E-state index contributed by atoms with van der Waals surface area (Å²) < 4.78 is 16.3. The Kier molecular flexibility index (Phi) is 6.92. The second-order valence-corrected chi connectivity index (χ2v) is 9.49. The average molecular weight is 580 g/mol. The van der Waals surface area contributed by atoms with Crippen LogP contribution < -0.4 is 24.4 Å². The Bertz CT molecular complexity index is 1480. The number of rotatable bonds is 5. The van der Waals surface area contributed by atoms with E-state index in [0.717, 1.165) is 4.90 Å². The zero-order chi connectivity index (χ0) is 26.3. The SMILES string of the molecule is O=C1NC(=O)N(c2ccc3c(c2)OCO3)C(=O)/C1=C/c1cc(Cl)c(OCc2ccc(Cl)cc2Cl)c(Cl)c1. The minimum atomic E-state index is -0.897. The van der Waals surface area contributed by atoms with Gasteiger partial charge >= 0.3 is 6.03 Å². The molecular weight excluding hydrogens is 566 g/mol. The largest absolute Gasteiger partial charge is 0.486 e. The van der Waals surface area contributed by atoms with Gasteiger partial charge in [-0.05, 0) is 48.0 Å². The molecule has 2 aliphatic rings. The lowest BCUT2D eigenvalue weighted by molar-refractivity contribution is -0.122. The molecule has 0 saturated carbocycles. The number of ether oxygens (including phenoxy) is 3. The summed E-state index contributed by atoms with van der Waals surface area (Å²) in [6.45, 7) is 0.0971. The van der Waals surface area contributed by atoms with E-state index in [2.05, 4.69) is 5.32 Å². The van der Waals surface area contributed by atoms with E-state index < -0.39 is 17.8 Å². The number of carbonyl (C=O) groups is 3. The molecule has 1 saturated heterocycles. The third-order valence-corrected chi connectivity index (χ3v) is 6.58. The smallest absolute Gasteiger partial charge is 0.335 e. The monoisotopic (exact) mass is 578 g/mol. The Labute approximate surface area is 230 Å². The molecule has 0 radical (unpaired) electrons. The highest BCUT2D eigenvalue weighted by atomic mass is 35.5. The number of amides is 4. The van der Waals surface area contributed by atoms with Crippen LogP contribution in [0.1, 0.15) is 11.1 Å². The summed E-state index contributed by atoms with van der Waals surface area (Å²) in [5, 5.41) is 3.34. The number of barbiturate groups is 1. The van der Waals surface area contributed by atoms with Crippen LogP contribution in [0.15, 0.2) is 54.1 Å². The van der Waals surface area contributed by atoms with Crippen LogP contribution in [-0.2, 0) is 16.2 Å². The summed E-state index contributed by atoms with van der Waals surface area (Å²) in [6.07, 6.45) is 1.28. The van der Waals surface area contributed by atoms with E-state index in [-0.39, 0.29) is 40.5 Å². The highest BCUT2D eigenvalue weighted by molar-refractivity contribution is 6.40. The first-order chi connectivity index (χ1) is 17.7. The molecule has 0 aromatic heterocycles. The molecule has 12 heteroatoms. The molecule has 2 aliphatic heterocycles. The molecule has 188 valence electrons. The maximum absolute atomic E-state index is 13.2. The van der Waals surface area contributed by atoms with Crippen LogP contribution in [-0.4, -0.2) is 24.6 Å². The molecular formula is C25H14Cl4N2O6. The van der Waals surface area contributed by atoms with Crippen molar-refractivity contribution in [2.45, 2.75) is 6.61 Å². The van der Waals surface area contributed by atoms with E-state index >= 15 is 0 Å². The van der Waals surface area contributed by atoms with Gasteiger partial charge in [-0.1, -0.05) is 52.5 Å². The summed E-state index contributed by atoms with van der Waals surface area (Å²) in [5.41, 5.74) is 0.907. The topological polar surface area (TPSA) is 94.2 Å². The van der Waals surface area contributed by atoms with Crippen molar-refractivity contribution < 1.29 is 28.6 Å². The molecule has 4 amide bonds. The number of hydrogen-bond donors (Lipinski definition) is 1. The zero-order valence-electron chi connectivity index (χ0n) is 18.5. The number of urea groups is 1. The van der Waals surface area contributed by atoms with E-state index in [4.69, 9.17) is 60.6 Å². The number of carbonyl (C=O) groups excluding carboxylic acids is 3. The number of halogens is 4. The highest BCUT2D eigenvalue weighted by Crippen LogP contribution is 2.38. The molecule has 3 aromatic carbocycles. The van der Waals surface area contributed by atoms with Crippen LogP contribution in [0, 0.1) is 0 Å². The third kappa shape index (κ3) is 5.06. The van der Waals surface area contributed by atoms with Crippen molar-refractivity contribution in [2.24, 2.45) is 0 Å². The van der Waals surface area contributed by atoms with Crippen molar-refractivity contribution in [2.75, 3.05) is 11.7 Å². The van der Waals surface area contributed by atoms with Gasteiger partial charge in [0.1, 0.15) is 12.2 Å². The molecule has 0 atom stereocenters. The van der Waals surface area contributed by atoms with Crippen LogP contribution in [0.25, 0.3) is 6.08 Å². The van der Waals surface area contributed by atoms with Gasteiger partial charge < -0.3 is 14.2 Å². The fraction of sp³-hybridized carbons (Fsp3) is 0.0800.